The van der Waals surface area contributed by atoms with E-state index in [2.05, 4.69) is 11.4 Å². The third-order valence-corrected chi connectivity index (χ3v) is 2.56. The Labute approximate surface area is 82.1 Å². The van der Waals surface area contributed by atoms with Crippen molar-refractivity contribution < 1.29 is 9.59 Å². The van der Waals surface area contributed by atoms with Gasteiger partial charge in [-0.05, 0) is 24.0 Å². The van der Waals surface area contributed by atoms with E-state index >= 15 is 0 Å². The first-order valence-electron chi connectivity index (χ1n) is 4.65. The van der Waals surface area contributed by atoms with Crippen molar-refractivity contribution in [2.24, 2.45) is 0 Å². The zero-order chi connectivity index (χ0) is 9.97. The van der Waals surface area contributed by atoms with E-state index in [1.54, 1.807) is 0 Å². The molecule has 3 heteroatoms. The van der Waals surface area contributed by atoms with Crippen molar-refractivity contribution in [1.29, 1.82) is 0 Å². The fourth-order valence-corrected chi connectivity index (χ4v) is 1.91. The van der Waals surface area contributed by atoms with E-state index in [-0.39, 0.29) is 6.04 Å². The molecule has 1 aliphatic carbocycles. The van der Waals surface area contributed by atoms with Crippen LogP contribution in [-0.4, -0.2) is 12.2 Å². The average molecular weight is 189 g/mol. The van der Waals surface area contributed by atoms with Gasteiger partial charge in [-0.15, -0.1) is 0 Å². The molecule has 1 aromatic rings. The number of nitrogens with one attached hydrogen (secondary N) is 1. The summed E-state index contributed by atoms with van der Waals surface area (Å²) in [5.74, 6) is -0.535. The lowest BCUT2D eigenvalue weighted by Crippen LogP contribution is -2.27. The summed E-state index contributed by atoms with van der Waals surface area (Å²) in [6, 6.07) is 8.01. The van der Waals surface area contributed by atoms with Crippen LogP contribution in [0.4, 0.5) is 0 Å². The van der Waals surface area contributed by atoms with Gasteiger partial charge in [0.2, 0.25) is 6.29 Å². The van der Waals surface area contributed by atoms with Crippen LogP contribution in [0.3, 0.4) is 0 Å². The summed E-state index contributed by atoms with van der Waals surface area (Å²) >= 11 is 0. The summed E-state index contributed by atoms with van der Waals surface area (Å²) < 4.78 is 0. The fraction of sp³-hybridized carbons (Fsp3) is 0.273. The van der Waals surface area contributed by atoms with Crippen LogP contribution in [0, 0.1) is 0 Å². The van der Waals surface area contributed by atoms with Crippen LogP contribution in [-0.2, 0) is 16.0 Å². The molecule has 3 nitrogen and oxygen atoms in total. The summed E-state index contributed by atoms with van der Waals surface area (Å²) in [6.45, 7) is 0. The van der Waals surface area contributed by atoms with Gasteiger partial charge in [-0.1, -0.05) is 24.3 Å². The number of benzene rings is 1. The van der Waals surface area contributed by atoms with E-state index in [4.69, 9.17) is 0 Å². The molecule has 1 aliphatic rings. The fourth-order valence-electron chi connectivity index (χ4n) is 1.91. The SMILES string of the molecule is O=CC(=O)NC1CCc2ccccc21. The number of hydrogen-bond acceptors (Lipinski definition) is 2. The monoisotopic (exact) mass is 189 g/mol. The van der Waals surface area contributed by atoms with Crippen LogP contribution in [0.25, 0.3) is 0 Å². The maximum absolute atomic E-state index is 10.9. The molecule has 0 fully saturated rings. The first kappa shape index (κ1) is 8.94. The second kappa shape index (κ2) is 3.62. The third-order valence-electron chi connectivity index (χ3n) is 2.56. The maximum Gasteiger partial charge on any atom is 0.284 e. The number of carbonyl (C=O) groups is 2. The van der Waals surface area contributed by atoms with E-state index in [1.165, 1.54) is 5.56 Å². The molecule has 1 aromatic carbocycles. The van der Waals surface area contributed by atoms with Crippen LogP contribution in [0.5, 0.6) is 0 Å². The second-order valence-corrected chi connectivity index (χ2v) is 3.42. The molecule has 0 bridgehead atoms. The number of aldehydes is 1. The topological polar surface area (TPSA) is 46.2 Å². The van der Waals surface area contributed by atoms with Crippen LogP contribution in [0.1, 0.15) is 23.6 Å². The van der Waals surface area contributed by atoms with E-state index in [0.29, 0.717) is 6.29 Å². The lowest BCUT2D eigenvalue weighted by Gasteiger charge is -2.11. The number of rotatable bonds is 2. The molecular weight excluding hydrogens is 178 g/mol. The van der Waals surface area contributed by atoms with Gasteiger partial charge >= 0.3 is 0 Å². The van der Waals surface area contributed by atoms with E-state index < -0.39 is 5.91 Å². The number of amides is 1. The van der Waals surface area contributed by atoms with Gasteiger partial charge in [0.15, 0.2) is 0 Å². The lowest BCUT2D eigenvalue weighted by atomic mass is 10.1. The van der Waals surface area contributed by atoms with Gasteiger partial charge in [-0.25, -0.2) is 0 Å². The molecule has 0 saturated carbocycles. The Hall–Kier alpha value is -1.64. The highest BCUT2D eigenvalue weighted by molar-refractivity contribution is 6.23. The van der Waals surface area contributed by atoms with Gasteiger partial charge in [-0.2, -0.15) is 0 Å². The van der Waals surface area contributed by atoms with Crippen LogP contribution < -0.4 is 5.32 Å². The smallest absolute Gasteiger partial charge is 0.284 e. The molecular formula is C11H11NO2. The third kappa shape index (κ3) is 1.53. The van der Waals surface area contributed by atoms with Crippen molar-refractivity contribution in [3.05, 3.63) is 35.4 Å². The molecule has 1 atom stereocenters. The first-order valence-corrected chi connectivity index (χ1v) is 4.65. The second-order valence-electron chi connectivity index (χ2n) is 3.42. The number of carbonyl (C=O) groups excluding carboxylic acids is 2. The molecule has 14 heavy (non-hydrogen) atoms. The molecule has 0 radical (unpaired) electrons. The van der Waals surface area contributed by atoms with Crippen molar-refractivity contribution in [2.75, 3.05) is 0 Å². The Bertz CT molecular complexity index is 373. The minimum Gasteiger partial charge on any atom is -0.343 e. The van der Waals surface area contributed by atoms with Gasteiger partial charge in [0.1, 0.15) is 0 Å². The Morgan fingerprint density at radius 3 is 3.00 bits per heavy atom. The van der Waals surface area contributed by atoms with Gasteiger partial charge in [0, 0.05) is 0 Å². The summed E-state index contributed by atoms with van der Waals surface area (Å²) in [7, 11) is 0. The van der Waals surface area contributed by atoms with E-state index in [1.807, 2.05) is 18.2 Å². The zero-order valence-electron chi connectivity index (χ0n) is 7.69. The molecule has 0 aliphatic heterocycles. The summed E-state index contributed by atoms with van der Waals surface area (Å²) in [4.78, 5) is 21.1. The quantitative estimate of drug-likeness (QED) is 0.557. The Balaban J connectivity index is 2.18. The molecule has 0 heterocycles. The Morgan fingerprint density at radius 2 is 2.21 bits per heavy atom. The molecule has 1 unspecified atom stereocenters. The van der Waals surface area contributed by atoms with Crippen molar-refractivity contribution in [1.82, 2.24) is 5.32 Å². The first-order chi connectivity index (χ1) is 6.81. The summed E-state index contributed by atoms with van der Waals surface area (Å²) in [6.07, 6.45) is 2.18. The highest BCUT2D eigenvalue weighted by Gasteiger charge is 2.22. The molecule has 72 valence electrons. The Kier molecular flexibility index (Phi) is 2.31. The normalized spacial score (nSPS) is 18.7. The van der Waals surface area contributed by atoms with Crippen molar-refractivity contribution in [3.8, 4) is 0 Å². The molecule has 0 aromatic heterocycles. The van der Waals surface area contributed by atoms with Gasteiger partial charge in [0.25, 0.3) is 5.91 Å². The van der Waals surface area contributed by atoms with E-state index in [0.717, 1.165) is 18.4 Å². The molecule has 1 N–H and O–H groups in total. The van der Waals surface area contributed by atoms with Gasteiger partial charge < -0.3 is 5.32 Å². The largest absolute Gasteiger partial charge is 0.343 e. The molecule has 2 rings (SSSR count). The van der Waals surface area contributed by atoms with Gasteiger partial charge in [0.05, 0.1) is 6.04 Å². The van der Waals surface area contributed by atoms with E-state index in [9.17, 15) is 9.59 Å². The predicted molar refractivity (Wildman–Crippen MR) is 51.7 cm³/mol. The average Bonchev–Trinajstić information content (AvgIpc) is 2.62. The maximum atomic E-state index is 10.9. The highest BCUT2D eigenvalue weighted by Crippen LogP contribution is 2.30. The van der Waals surface area contributed by atoms with Crippen molar-refractivity contribution >= 4 is 12.2 Å². The van der Waals surface area contributed by atoms with Crippen molar-refractivity contribution in [2.45, 2.75) is 18.9 Å². The van der Waals surface area contributed by atoms with Gasteiger partial charge in [-0.3, -0.25) is 9.59 Å². The minimum atomic E-state index is -0.535. The Morgan fingerprint density at radius 1 is 1.43 bits per heavy atom. The zero-order valence-corrected chi connectivity index (χ0v) is 7.69. The molecule has 0 saturated heterocycles. The summed E-state index contributed by atoms with van der Waals surface area (Å²) in [5.41, 5.74) is 2.41. The van der Waals surface area contributed by atoms with Crippen molar-refractivity contribution in [3.63, 3.8) is 0 Å². The number of hydrogen-bond donors (Lipinski definition) is 1. The van der Waals surface area contributed by atoms with Crippen LogP contribution >= 0.6 is 0 Å². The molecule has 0 spiro atoms. The highest BCUT2D eigenvalue weighted by atomic mass is 16.2. The molecule has 1 amide bonds. The minimum absolute atomic E-state index is 0.0175. The number of fused-ring (bicyclic) bond motifs is 1. The van der Waals surface area contributed by atoms with Crippen LogP contribution in [0.15, 0.2) is 24.3 Å². The summed E-state index contributed by atoms with van der Waals surface area (Å²) in [5, 5.41) is 2.68. The number of aryl methyl sites for hydroxylation is 1. The predicted octanol–water partition coefficient (Wildman–Crippen LogP) is 0.989. The standard InChI is InChI=1S/C11H11NO2/c13-7-11(14)12-10-6-5-8-3-1-2-4-9(8)10/h1-4,7,10H,5-6H2,(H,12,14). The lowest BCUT2D eigenvalue weighted by molar-refractivity contribution is -0.131. The van der Waals surface area contributed by atoms with Crippen LogP contribution in [0.2, 0.25) is 0 Å².